The highest BCUT2D eigenvalue weighted by atomic mass is 16.5. The first kappa shape index (κ1) is 17.5. The van der Waals surface area contributed by atoms with Gasteiger partial charge in [0.1, 0.15) is 0 Å². The van der Waals surface area contributed by atoms with Gasteiger partial charge in [0.2, 0.25) is 0 Å². The molecule has 126 valence electrons. The minimum atomic E-state index is -0.337. The van der Waals surface area contributed by atoms with E-state index in [1.54, 1.807) is 13.2 Å². The van der Waals surface area contributed by atoms with Gasteiger partial charge in [-0.2, -0.15) is 0 Å². The Morgan fingerprint density at radius 1 is 1.22 bits per heavy atom. The summed E-state index contributed by atoms with van der Waals surface area (Å²) >= 11 is 0. The fourth-order valence-electron chi connectivity index (χ4n) is 3.99. The number of aromatic hydroxyl groups is 2. The number of aryl methyl sites for hydroxylation is 1. The van der Waals surface area contributed by atoms with Crippen LogP contribution in [0.25, 0.3) is 0 Å². The van der Waals surface area contributed by atoms with E-state index in [4.69, 9.17) is 4.74 Å². The second-order valence-corrected chi connectivity index (χ2v) is 6.75. The van der Waals surface area contributed by atoms with Crippen molar-refractivity contribution in [2.45, 2.75) is 52.4 Å². The normalized spacial score (nSPS) is 21.1. The van der Waals surface area contributed by atoms with Crippen molar-refractivity contribution >= 4 is 0 Å². The van der Waals surface area contributed by atoms with Gasteiger partial charge in [0, 0.05) is 17.4 Å². The highest BCUT2D eigenvalue weighted by Crippen LogP contribution is 2.52. The Balaban J connectivity index is 2.76. The van der Waals surface area contributed by atoms with Gasteiger partial charge in [-0.05, 0) is 37.0 Å². The van der Waals surface area contributed by atoms with Crippen molar-refractivity contribution < 1.29 is 14.9 Å². The number of hydrogen-bond acceptors (Lipinski definition) is 3. The minimum Gasteiger partial charge on any atom is -0.504 e. The number of ether oxygens (including phenoxy) is 1. The molecular formula is C20H28O3. The zero-order chi connectivity index (χ0) is 17.2. The maximum atomic E-state index is 10.6. The lowest BCUT2D eigenvalue weighted by Crippen LogP contribution is -2.34. The van der Waals surface area contributed by atoms with Crippen LogP contribution in [0.1, 0.15) is 51.2 Å². The van der Waals surface area contributed by atoms with Gasteiger partial charge in [0.05, 0.1) is 12.9 Å². The van der Waals surface area contributed by atoms with Crippen molar-refractivity contribution in [3.63, 3.8) is 0 Å². The molecule has 3 heteroatoms. The van der Waals surface area contributed by atoms with E-state index in [0.29, 0.717) is 12.3 Å². The van der Waals surface area contributed by atoms with Crippen LogP contribution in [0.2, 0.25) is 0 Å². The van der Waals surface area contributed by atoms with E-state index in [1.807, 2.05) is 19.1 Å². The van der Waals surface area contributed by atoms with Crippen molar-refractivity contribution in [2.75, 3.05) is 7.11 Å². The molecule has 0 aromatic heterocycles. The molecule has 1 unspecified atom stereocenters. The van der Waals surface area contributed by atoms with Gasteiger partial charge in [-0.3, -0.25) is 0 Å². The molecule has 0 saturated heterocycles. The molecule has 0 radical (unpaired) electrons. The Bertz CT molecular complexity index is 641. The van der Waals surface area contributed by atoms with Gasteiger partial charge in [0.15, 0.2) is 11.5 Å². The van der Waals surface area contributed by atoms with E-state index >= 15 is 0 Å². The average molecular weight is 316 g/mol. The van der Waals surface area contributed by atoms with E-state index in [9.17, 15) is 10.2 Å². The Morgan fingerprint density at radius 3 is 2.48 bits per heavy atom. The summed E-state index contributed by atoms with van der Waals surface area (Å²) in [6.45, 7) is 8.50. The fraction of sp³-hybridized carbons (Fsp3) is 0.500. The summed E-state index contributed by atoms with van der Waals surface area (Å²) in [4.78, 5) is 0. The molecule has 1 aliphatic carbocycles. The number of methoxy groups -OCH3 is 1. The van der Waals surface area contributed by atoms with Crippen molar-refractivity contribution in [1.29, 1.82) is 0 Å². The van der Waals surface area contributed by atoms with Crippen molar-refractivity contribution in [2.24, 2.45) is 5.92 Å². The average Bonchev–Trinajstić information content (AvgIpc) is 2.51. The quantitative estimate of drug-likeness (QED) is 0.755. The Kier molecular flexibility index (Phi) is 5.08. The van der Waals surface area contributed by atoms with E-state index in [0.717, 1.165) is 29.7 Å². The van der Waals surface area contributed by atoms with Crippen LogP contribution < -0.4 is 0 Å². The van der Waals surface area contributed by atoms with Crippen molar-refractivity contribution in [3.05, 3.63) is 46.7 Å². The molecule has 2 N–H and O–H groups in total. The molecule has 0 heterocycles. The summed E-state index contributed by atoms with van der Waals surface area (Å²) in [6.07, 6.45) is 6.74. The van der Waals surface area contributed by atoms with Gasteiger partial charge in [-0.25, -0.2) is 0 Å². The molecular weight excluding hydrogens is 288 g/mol. The largest absolute Gasteiger partial charge is 0.504 e. The Morgan fingerprint density at radius 2 is 1.91 bits per heavy atom. The maximum Gasteiger partial charge on any atom is 0.161 e. The van der Waals surface area contributed by atoms with Crippen LogP contribution in [0.3, 0.4) is 0 Å². The zero-order valence-corrected chi connectivity index (χ0v) is 14.8. The third kappa shape index (κ3) is 2.97. The molecule has 1 aromatic rings. The van der Waals surface area contributed by atoms with Crippen LogP contribution >= 0.6 is 0 Å². The molecule has 1 atom stereocenters. The van der Waals surface area contributed by atoms with Crippen LogP contribution in [0.4, 0.5) is 0 Å². The summed E-state index contributed by atoms with van der Waals surface area (Å²) in [7, 11) is 1.69. The van der Waals surface area contributed by atoms with Crippen molar-refractivity contribution in [1.82, 2.24) is 0 Å². The van der Waals surface area contributed by atoms with Gasteiger partial charge < -0.3 is 14.9 Å². The molecule has 0 bridgehead atoms. The van der Waals surface area contributed by atoms with Gasteiger partial charge >= 0.3 is 0 Å². The number of rotatable bonds is 5. The second kappa shape index (κ2) is 6.69. The monoisotopic (exact) mass is 316 g/mol. The summed E-state index contributed by atoms with van der Waals surface area (Å²) in [5.41, 5.74) is 2.78. The first-order chi connectivity index (χ1) is 10.9. The topological polar surface area (TPSA) is 49.7 Å². The highest BCUT2D eigenvalue weighted by molar-refractivity contribution is 5.57. The number of allylic oxidation sites excluding steroid dienone is 4. The lowest BCUT2D eigenvalue weighted by molar-refractivity contribution is 0.240. The van der Waals surface area contributed by atoms with E-state index in [1.165, 1.54) is 5.57 Å². The van der Waals surface area contributed by atoms with Crippen LogP contribution in [0.15, 0.2) is 35.6 Å². The number of phenols is 2. The van der Waals surface area contributed by atoms with Crippen LogP contribution in [0.5, 0.6) is 11.5 Å². The molecule has 0 fully saturated rings. The van der Waals surface area contributed by atoms with Crippen LogP contribution in [-0.4, -0.2) is 17.3 Å². The molecule has 3 nitrogen and oxygen atoms in total. The highest BCUT2D eigenvalue weighted by Gasteiger charge is 2.42. The zero-order valence-electron chi connectivity index (χ0n) is 14.8. The molecule has 1 aliphatic rings. The second-order valence-electron chi connectivity index (χ2n) is 6.75. The lowest BCUT2D eigenvalue weighted by Gasteiger charge is -2.42. The minimum absolute atomic E-state index is 0.00218. The van der Waals surface area contributed by atoms with Gasteiger partial charge in [0.25, 0.3) is 0 Å². The molecule has 0 saturated carbocycles. The first-order valence-corrected chi connectivity index (χ1v) is 8.34. The smallest absolute Gasteiger partial charge is 0.161 e. The van der Waals surface area contributed by atoms with E-state index in [-0.39, 0.29) is 16.9 Å². The molecule has 1 aromatic carbocycles. The third-order valence-electron chi connectivity index (χ3n) is 4.88. The summed E-state index contributed by atoms with van der Waals surface area (Å²) in [6, 6.07) is 3.44. The summed E-state index contributed by atoms with van der Waals surface area (Å²) < 4.78 is 5.52. The van der Waals surface area contributed by atoms with Crippen LogP contribution in [-0.2, 0) is 10.2 Å². The number of hydrogen-bond donors (Lipinski definition) is 2. The van der Waals surface area contributed by atoms with Crippen molar-refractivity contribution in [3.8, 4) is 11.5 Å². The van der Waals surface area contributed by atoms with E-state index < -0.39 is 0 Å². The molecule has 23 heavy (non-hydrogen) atoms. The first-order valence-electron chi connectivity index (χ1n) is 8.34. The third-order valence-corrected chi connectivity index (χ3v) is 4.88. The predicted octanol–water partition coefficient (Wildman–Crippen LogP) is 4.96. The Hall–Kier alpha value is -1.90. The standard InChI is InChI=1S/C20H28O3/c1-6-11-20(18-14(4)7-10-17(21)19(18)22)12-15(23-5)8-9-16(20)13(2)3/h7-10,13,21-22H,6,11-12H2,1-5H3. The summed E-state index contributed by atoms with van der Waals surface area (Å²) in [5, 5.41) is 20.7. The maximum absolute atomic E-state index is 10.6. The number of benzene rings is 1. The molecule has 0 spiro atoms. The predicted molar refractivity (Wildman–Crippen MR) is 93.7 cm³/mol. The van der Waals surface area contributed by atoms with Crippen LogP contribution in [0, 0.1) is 12.8 Å². The molecule has 0 aliphatic heterocycles. The summed E-state index contributed by atoms with van der Waals surface area (Å²) in [5.74, 6) is 1.20. The molecule has 0 amide bonds. The number of phenolic OH excluding ortho intramolecular Hbond substituents is 2. The Labute approximate surface area is 139 Å². The van der Waals surface area contributed by atoms with Gasteiger partial charge in [-0.1, -0.05) is 44.9 Å². The fourth-order valence-corrected chi connectivity index (χ4v) is 3.99. The van der Waals surface area contributed by atoms with E-state index in [2.05, 4.69) is 26.8 Å². The molecule has 2 rings (SSSR count). The SMILES string of the molecule is CCCC1(c2c(C)ccc(O)c2O)CC(OC)=CC=C1C(C)C. The van der Waals surface area contributed by atoms with Gasteiger partial charge in [-0.15, -0.1) is 0 Å². The lowest BCUT2D eigenvalue weighted by atomic mass is 9.62.